The van der Waals surface area contributed by atoms with Crippen molar-refractivity contribution in [2.75, 3.05) is 19.7 Å². The van der Waals surface area contributed by atoms with E-state index in [1.807, 2.05) is 0 Å². The summed E-state index contributed by atoms with van der Waals surface area (Å²) in [5.41, 5.74) is 0. The molecular weight excluding hydrogens is 144 g/mol. The van der Waals surface area contributed by atoms with Gasteiger partial charge in [0, 0.05) is 19.5 Å². The van der Waals surface area contributed by atoms with Crippen molar-refractivity contribution in [1.82, 2.24) is 10.6 Å². The minimum Gasteiger partial charge on any atom is -0.354 e. The van der Waals surface area contributed by atoms with Gasteiger partial charge < -0.3 is 10.1 Å². The molecule has 1 aliphatic rings. The van der Waals surface area contributed by atoms with Crippen LogP contribution in [0, 0.1) is 0 Å². The topological polar surface area (TPSA) is 52.4 Å². The fourth-order valence-corrected chi connectivity index (χ4v) is 0.886. The highest BCUT2D eigenvalue weighted by Crippen LogP contribution is 1.93. The molecule has 1 rings (SSSR count). The number of nitrogens with zero attached hydrogens (tertiary/aromatic N) is 1. The van der Waals surface area contributed by atoms with Gasteiger partial charge in [-0.3, -0.25) is 4.79 Å². The molecule has 0 aliphatic carbocycles. The molecule has 1 atom stereocenters. The summed E-state index contributed by atoms with van der Waals surface area (Å²) in [7, 11) is 0. The zero-order chi connectivity index (χ0) is 8.10. The highest BCUT2D eigenvalue weighted by atomic mass is 16.5. The van der Waals surface area contributed by atoms with E-state index < -0.39 is 0 Å². The summed E-state index contributed by atoms with van der Waals surface area (Å²) in [6.45, 7) is 3.95. The highest BCUT2D eigenvalue weighted by molar-refractivity contribution is 5.75. The van der Waals surface area contributed by atoms with Gasteiger partial charge >= 0.3 is 0 Å². The second kappa shape index (κ2) is 4.31. The lowest BCUT2D eigenvalue weighted by Crippen LogP contribution is -2.45. The Balaban J connectivity index is 2.19. The number of amides is 1. The number of carbonyl (C=O) groups excluding carboxylic acids is 1. The van der Waals surface area contributed by atoms with Crippen LogP contribution in [0.25, 0.3) is 0 Å². The molecule has 0 spiro atoms. The Kier molecular flexibility index (Phi) is 3.32. The lowest BCUT2D eigenvalue weighted by molar-refractivity contribution is -0.126. The first-order valence-corrected chi connectivity index (χ1v) is 3.89. The maximum absolute atomic E-state index is 10.8. The standard InChI is InChI=1S/C7H13N2O2/c1-2-6(10)9-7-5-8-3-4-11-7/h7-8H,2-5H2,1H3. The molecule has 11 heavy (non-hydrogen) atoms. The van der Waals surface area contributed by atoms with E-state index >= 15 is 0 Å². The SMILES string of the molecule is CCC(=O)[N]C1CNCCO1. The smallest absolute Gasteiger partial charge is 0.243 e. The summed E-state index contributed by atoms with van der Waals surface area (Å²) in [6.07, 6.45) is 0.205. The molecule has 4 heteroatoms. The van der Waals surface area contributed by atoms with Crippen LogP contribution in [0.4, 0.5) is 0 Å². The molecule has 1 radical (unpaired) electrons. The summed E-state index contributed by atoms with van der Waals surface area (Å²) in [6, 6.07) is 0. The minimum absolute atomic E-state index is 0.0845. The molecule has 0 aromatic rings. The predicted octanol–water partition coefficient (Wildman–Crippen LogP) is -0.527. The molecule has 0 aromatic carbocycles. The molecule has 63 valence electrons. The van der Waals surface area contributed by atoms with E-state index in [0.717, 1.165) is 6.54 Å². The largest absolute Gasteiger partial charge is 0.354 e. The van der Waals surface area contributed by atoms with E-state index in [4.69, 9.17) is 4.74 Å². The van der Waals surface area contributed by atoms with Crippen LogP contribution in [0.15, 0.2) is 0 Å². The van der Waals surface area contributed by atoms with Crippen molar-refractivity contribution in [2.45, 2.75) is 19.6 Å². The molecular formula is C7H13N2O2. The van der Waals surface area contributed by atoms with E-state index in [1.165, 1.54) is 0 Å². The first-order valence-electron chi connectivity index (χ1n) is 3.89. The van der Waals surface area contributed by atoms with Crippen LogP contribution >= 0.6 is 0 Å². The van der Waals surface area contributed by atoms with Crippen LogP contribution in [0.5, 0.6) is 0 Å². The lowest BCUT2D eigenvalue weighted by atomic mass is 10.4. The Morgan fingerprint density at radius 3 is 3.18 bits per heavy atom. The Labute approximate surface area is 66.3 Å². The fourth-order valence-electron chi connectivity index (χ4n) is 0.886. The molecule has 1 N–H and O–H groups in total. The summed E-state index contributed by atoms with van der Waals surface area (Å²) in [4.78, 5) is 10.8. The number of morpholine rings is 1. The number of ether oxygens (including phenoxy) is 1. The Bertz CT molecular complexity index is 132. The Morgan fingerprint density at radius 2 is 2.64 bits per heavy atom. The molecule has 1 heterocycles. The van der Waals surface area contributed by atoms with Crippen LogP contribution < -0.4 is 10.6 Å². The molecule has 1 amide bonds. The molecule has 1 saturated heterocycles. The van der Waals surface area contributed by atoms with Crippen molar-refractivity contribution in [2.24, 2.45) is 0 Å². The fraction of sp³-hybridized carbons (Fsp3) is 0.857. The van der Waals surface area contributed by atoms with Gasteiger partial charge in [0.25, 0.3) is 0 Å². The third kappa shape index (κ3) is 2.86. The minimum atomic E-state index is -0.254. The quantitative estimate of drug-likeness (QED) is 0.586. The summed E-state index contributed by atoms with van der Waals surface area (Å²) < 4.78 is 5.20. The number of rotatable bonds is 2. The van der Waals surface area contributed by atoms with Crippen molar-refractivity contribution >= 4 is 5.91 Å². The van der Waals surface area contributed by atoms with Gasteiger partial charge in [0.2, 0.25) is 5.91 Å². The van der Waals surface area contributed by atoms with Crippen LogP contribution in [0.3, 0.4) is 0 Å². The summed E-state index contributed by atoms with van der Waals surface area (Å²) >= 11 is 0. The predicted molar refractivity (Wildman–Crippen MR) is 40.0 cm³/mol. The number of hydrogen-bond donors (Lipinski definition) is 1. The highest BCUT2D eigenvalue weighted by Gasteiger charge is 2.16. The van der Waals surface area contributed by atoms with Gasteiger partial charge in [-0.05, 0) is 0 Å². The van der Waals surface area contributed by atoms with Gasteiger partial charge in [-0.1, -0.05) is 6.92 Å². The van der Waals surface area contributed by atoms with E-state index in [1.54, 1.807) is 6.92 Å². The van der Waals surface area contributed by atoms with Crippen molar-refractivity contribution in [3.8, 4) is 0 Å². The molecule has 0 saturated carbocycles. The average molecular weight is 157 g/mol. The molecule has 4 nitrogen and oxygen atoms in total. The first-order chi connectivity index (χ1) is 5.33. The van der Waals surface area contributed by atoms with Crippen LogP contribution in [-0.4, -0.2) is 31.8 Å². The van der Waals surface area contributed by atoms with Crippen molar-refractivity contribution < 1.29 is 9.53 Å². The van der Waals surface area contributed by atoms with Gasteiger partial charge in [0.15, 0.2) is 6.23 Å². The number of nitrogens with one attached hydrogen (secondary N) is 1. The van der Waals surface area contributed by atoms with E-state index in [-0.39, 0.29) is 12.1 Å². The average Bonchev–Trinajstić information content (AvgIpc) is 2.06. The van der Waals surface area contributed by atoms with Crippen molar-refractivity contribution in [3.63, 3.8) is 0 Å². The van der Waals surface area contributed by atoms with Gasteiger partial charge in [-0.25, -0.2) is 5.32 Å². The molecule has 1 fully saturated rings. The van der Waals surface area contributed by atoms with E-state index in [2.05, 4.69) is 10.6 Å². The summed E-state index contributed by atoms with van der Waals surface area (Å²) in [5.74, 6) is -0.0845. The Morgan fingerprint density at radius 1 is 1.82 bits per heavy atom. The van der Waals surface area contributed by atoms with Gasteiger partial charge in [-0.2, -0.15) is 0 Å². The zero-order valence-corrected chi connectivity index (χ0v) is 6.67. The van der Waals surface area contributed by atoms with Crippen LogP contribution in [0.1, 0.15) is 13.3 Å². The lowest BCUT2D eigenvalue weighted by Gasteiger charge is -2.22. The van der Waals surface area contributed by atoms with Gasteiger partial charge in [0.05, 0.1) is 6.61 Å². The molecule has 0 aromatic heterocycles. The second-order valence-corrected chi connectivity index (χ2v) is 2.41. The van der Waals surface area contributed by atoms with E-state index in [9.17, 15) is 4.79 Å². The zero-order valence-electron chi connectivity index (χ0n) is 6.67. The Hall–Kier alpha value is -0.610. The van der Waals surface area contributed by atoms with Crippen molar-refractivity contribution in [1.29, 1.82) is 0 Å². The second-order valence-electron chi connectivity index (χ2n) is 2.41. The molecule has 1 aliphatic heterocycles. The third-order valence-corrected chi connectivity index (χ3v) is 1.50. The maximum atomic E-state index is 10.8. The van der Waals surface area contributed by atoms with Gasteiger partial charge in [0.1, 0.15) is 0 Å². The van der Waals surface area contributed by atoms with E-state index in [0.29, 0.717) is 19.6 Å². The van der Waals surface area contributed by atoms with Crippen LogP contribution in [0.2, 0.25) is 0 Å². The summed E-state index contributed by atoms with van der Waals surface area (Å²) in [5, 5.41) is 6.92. The van der Waals surface area contributed by atoms with Gasteiger partial charge in [-0.15, -0.1) is 0 Å². The number of hydrogen-bond acceptors (Lipinski definition) is 3. The van der Waals surface area contributed by atoms with Crippen molar-refractivity contribution in [3.05, 3.63) is 0 Å². The first kappa shape index (κ1) is 8.49. The normalized spacial score (nSPS) is 24.6. The molecule has 1 unspecified atom stereocenters. The third-order valence-electron chi connectivity index (χ3n) is 1.50. The molecule has 0 bridgehead atoms. The monoisotopic (exact) mass is 157 g/mol. The van der Waals surface area contributed by atoms with Crippen LogP contribution in [-0.2, 0) is 9.53 Å². The number of carbonyl (C=O) groups is 1. The maximum Gasteiger partial charge on any atom is 0.243 e.